The van der Waals surface area contributed by atoms with Crippen molar-refractivity contribution in [3.05, 3.63) is 30.5 Å². The van der Waals surface area contributed by atoms with Crippen LogP contribution in [0.25, 0.3) is 11.3 Å². The van der Waals surface area contributed by atoms with Gasteiger partial charge < -0.3 is 4.74 Å². The molecule has 0 bridgehead atoms. The van der Waals surface area contributed by atoms with Gasteiger partial charge in [0.15, 0.2) is 0 Å². The molecule has 0 N–H and O–H groups in total. The second-order valence-electron chi connectivity index (χ2n) is 2.95. The zero-order valence-corrected chi connectivity index (χ0v) is 8.14. The highest BCUT2D eigenvalue weighted by molar-refractivity contribution is 5.58. The molecule has 0 saturated carbocycles. The average Bonchev–Trinajstić information content (AvgIpc) is 2.65. The van der Waals surface area contributed by atoms with E-state index in [4.69, 9.17) is 4.74 Å². The van der Waals surface area contributed by atoms with E-state index < -0.39 is 0 Å². The number of aromatic nitrogens is 3. The molecule has 72 valence electrons. The van der Waals surface area contributed by atoms with Crippen LogP contribution in [-0.4, -0.2) is 22.1 Å². The van der Waals surface area contributed by atoms with E-state index in [0.29, 0.717) is 0 Å². The van der Waals surface area contributed by atoms with Gasteiger partial charge in [-0.1, -0.05) is 0 Å². The molecule has 2 aromatic rings. The van der Waals surface area contributed by atoms with Crippen LogP contribution in [0.1, 0.15) is 0 Å². The lowest BCUT2D eigenvalue weighted by Gasteiger charge is -1.99. The Morgan fingerprint density at radius 2 is 1.93 bits per heavy atom. The van der Waals surface area contributed by atoms with Gasteiger partial charge in [-0.15, -0.1) is 0 Å². The van der Waals surface area contributed by atoms with Gasteiger partial charge in [0.25, 0.3) is 0 Å². The number of hydrogen-bond donors (Lipinski definition) is 0. The van der Waals surface area contributed by atoms with Crippen LogP contribution in [0.3, 0.4) is 0 Å². The molecule has 2 rings (SSSR count). The maximum Gasteiger partial charge on any atom is 0.118 e. The molecule has 0 aliphatic carbocycles. The lowest BCUT2D eigenvalue weighted by molar-refractivity contribution is 0.415. The Morgan fingerprint density at radius 1 is 1.21 bits per heavy atom. The predicted octanol–water partition coefficient (Wildman–Crippen LogP) is 1.49. The molecule has 1 aromatic carbocycles. The number of aryl methyl sites for hydroxylation is 1. The Morgan fingerprint density at radius 3 is 2.43 bits per heavy atom. The van der Waals surface area contributed by atoms with E-state index in [1.807, 2.05) is 24.3 Å². The molecule has 14 heavy (non-hydrogen) atoms. The smallest absolute Gasteiger partial charge is 0.118 e. The van der Waals surface area contributed by atoms with Gasteiger partial charge in [-0.25, -0.2) is 0 Å². The lowest BCUT2D eigenvalue weighted by atomic mass is 10.2. The lowest BCUT2D eigenvalue weighted by Crippen LogP contribution is -1.91. The van der Waals surface area contributed by atoms with Crippen LogP contribution in [-0.2, 0) is 7.05 Å². The van der Waals surface area contributed by atoms with Gasteiger partial charge in [0.1, 0.15) is 11.4 Å². The molecule has 0 fully saturated rings. The summed E-state index contributed by atoms with van der Waals surface area (Å²) in [5.41, 5.74) is 1.91. The molecule has 4 heteroatoms. The number of nitrogens with zero attached hydrogens (tertiary/aromatic N) is 3. The van der Waals surface area contributed by atoms with Crippen molar-refractivity contribution in [2.24, 2.45) is 7.05 Å². The van der Waals surface area contributed by atoms with E-state index in [-0.39, 0.29) is 0 Å². The minimum atomic E-state index is 0.845. The van der Waals surface area contributed by atoms with Gasteiger partial charge in [-0.2, -0.15) is 15.0 Å². The van der Waals surface area contributed by atoms with E-state index in [1.54, 1.807) is 25.2 Å². The Labute approximate surface area is 82.1 Å². The first-order valence-corrected chi connectivity index (χ1v) is 4.30. The first-order valence-electron chi connectivity index (χ1n) is 4.30. The number of ether oxygens (including phenoxy) is 1. The summed E-state index contributed by atoms with van der Waals surface area (Å²) in [4.78, 5) is 1.54. The maximum absolute atomic E-state index is 5.07. The summed E-state index contributed by atoms with van der Waals surface area (Å²) in [7, 11) is 3.45. The second kappa shape index (κ2) is 3.49. The fraction of sp³-hybridized carbons (Fsp3) is 0.200. The van der Waals surface area contributed by atoms with Crippen molar-refractivity contribution in [3.8, 4) is 17.0 Å². The molecule has 1 heterocycles. The molecule has 0 atom stereocenters. The monoisotopic (exact) mass is 189 g/mol. The number of benzene rings is 1. The zero-order chi connectivity index (χ0) is 9.97. The van der Waals surface area contributed by atoms with Gasteiger partial charge in [0.05, 0.1) is 13.3 Å². The normalized spacial score (nSPS) is 10.1. The quantitative estimate of drug-likeness (QED) is 0.718. The summed E-state index contributed by atoms with van der Waals surface area (Å²) < 4.78 is 5.07. The van der Waals surface area contributed by atoms with Gasteiger partial charge >= 0.3 is 0 Å². The summed E-state index contributed by atoms with van der Waals surface area (Å²) in [6.45, 7) is 0. The van der Waals surface area contributed by atoms with Crippen molar-refractivity contribution < 1.29 is 4.74 Å². The molecule has 0 aliphatic heterocycles. The molecule has 0 aliphatic rings. The van der Waals surface area contributed by atoms with Crippen molar-refractivity contribution in [1.29, 1.82) is 0 Å². The second-order valence-corrected chi connectivity index (χ2v) is 2.95. The van der Waals surface area contributed by atoms with E-state index in [2.05, 4.69) is 10.2 Å². The van der Waals surface area contributed by atoms with Crippen molar-refractivity contribution in [3.63, 3.8) is 0 Å². The van der Waals surface area contributed by atoms with Crippen molar-refractivity contribution in [1.82, 2.24) is 15.0 Å². The van der Waals surface area contributed by atoms with Crippen LogP contribution < -0.4 is 4.74 Å². The third kappa shape index (κ3) is 1.59. The summed E-state index contributed by atoms with van der Waals surface area (Å²) in [5.74, 6) is 0.845. The van der Waals surface area contributed by atoms with Crippen LogP contribution in [0.4, 0.5) is 0 Å². The Bertz CT molecular complexity index is 419. The first kappa shape index (κ1) is 8.74. The van der Waals surface area contributed by atoms with Crippen LogP contribution in [0, 0.1) is 0 Å². The third-order valence-electron chi connectivity index (χ3n) is 1.99. The summed E-state index contributed by atoms with van der Waals surface area (Å²) in [5, 5.41) is 8.21. The molecular formula is C10H11N3O. The first-order chi connectivity index (χ1) is 6.79. The Kier molecular flexibility index (Phi) is 2.18. The van der Waals surface area contributed by atoms with Gasteiger partial charge in [-0.3, -0.25) is 0 Å². The van der Waals surface area contributed by atoms with Crippen LogP contribution >= 0.6 is 0 Å². The molecule has 0 unspecified atom stereocenters. The molecular weight excluding hydrogens is 178 g/mol. The largest absolute Gasteiger partial charge is 0.497 e. The van der Waals surface area contributed by atoms with Crippen LogP contribution in [0.5, 0.6) is 5.75 Å². The summed E-state index contributed by atoms with van der Waals surface area (Å²) >= 11 is 0. The van der Waals surface area contributed by atoms with Gasteiger partial charge in [0.2, 0.25) is 0 Å². The number of hydrogen-bond acceptors (Lipinski definition) is 3. The fourth-order valence-corrected chi connectivity index (χ4v) is 1.24. The molecule has 1 aromatic heterocycles. The molecule has 0 spiro atoms. The zero-order valence-electron chi connectivity index (χ0n) is 8.14. The minimum absolute atomic E-state index is 0.845. The van der Waals surface area contributed by atoms with Crippen molar-refractivity contribution >= 4 is 0 Å². The SMILES string of the molecule is COc1ccc(-c2cnn(C)n2)cc1. The van der Waals surface area contributed by atoms with Crippen molar-refractivity contribution in [2.45, 2.75) is 0 Å². The highest BCUT2D eigenvalue weighted by atomic mass is 16.5. The molecule has 0 amide bonds. The number of rotatable bonds is 2. The van der Waals surface area contributed by atoms with Crippen LogP contribution in [0.2, 0.25) is 0 Å². The van der Waals surface area contributed by atoms with Gasteiger partial charge in [-0.05, 0) is 24.3 Å². The third-order valence-corrected chi connectivity index (χ3v) is 1.99. The highest BCUT2D eigenvalue weighted by Gasteiger charge is 2.01. The van der Waals surface area contributed by atoms with E-state index in [0.717, 1.165) is 17.0 Å². The standard InChI is InChI=1S/C10H11N3O/c1-13-11-7-10(12-13)8-3-5-9(14-2)6-4-8/h3-7H,1-2H3. The van der Waals surface area contributed by atoms with Crippen LogP contribution in [0.15, 0.2) is 30.5 Å². The topological polar surface area (TPSA) is 39.9 Å². The van der Waals surface area contributed by atoms with E-state index in [9.17, 15) is 0 Å². The highest BCUT2D eigenvalue weighted by Crippen LogP contribution is 2.19. The average molecular weight is 189 g/mol. The molecule has 4 nitrogen and oxygen atoms in total. The van der Waals surface area contributed by atoms with E-state index >= 15 is 0 Å². The number of methoxy groups -OCH3 is 1. The van der Waals surface area contributed by atoms with Crippen molar-refractivity contribution in [2.75, 3.05) is 7.11 Å². The summed E-state index contributed by atoms with van der Waals surface area (Å²) in [6.07, 6.45) is 1.74. The molecule has 0 saturated heterocycles. The Balaban J connectivity index is 2.33. The maximum atomic E-state index is 5.07. The fourth-order valence-electron chi connectivity index (χ4n) is 1.24. The minimum Gasteiger partial charge on any atom is -0.497 e. The van der Waals surface area contributed by atoms with Gasteiger partial charge in [0, 0.05) is 12.6 Å². The Hall–Kier alpha value is -1.84. The van der Waals surface area contributed by atoms with E-state index in [1.165, 1.54) is 0 Å². The summed E-state index contributed by atoms with van der Waals surface area (Å²) in [6, 6.07) is 7.74. The molecule has 0 radical (unpaired) electrons. The predicted molar refractivity (Wildman–Crippen MR) is 53.0 cm³/mol.